The van der Waals surface area contributed by atoms with E-state index in [0.29, 0.717) is 12.8 Å². The second-order valence-corrected chi connectivity index (χ2v) is 12.4. The van der Waals surface area contributed by atoms with Gasteiger partial charge in [-0.15, -0.1) is 0 Å². The van der Waals surface area contributed by atoms with Gasteiger partial charge in [-0.3, -0.25) is 52.7 Å². The molecule has 0 radical (unpaired) electrons. The minimum absolute atomic E-state index is 0.160. The first-order chi connectivity index (χ1) is 24.3. The van der Waals surface area contributed by atoms with Crippen molar-refractivity contribution in [2.45, 2.75) is 84.7 Å². The highest BCUT2D eigenvalue weighted by Crippen LogP contribution is 2.09. The molecule has 0 atom stereocenters. The molecule has 3 N–H and O–H groups in total. The van der Waals surface area contributed by atoms with Crippen molar-refractivity contribution in [3.8, 4) is 0 Å². The largest absolute Gasteiger partial charge is 0.468 e. The van der Waals surface area contributed by atoms with Crippen molar-refractivity contribution >= 4 is 64.8 Å². The van der Waals surface area contributed by atoms with Gasteiger partial charge in [-0.2, -0.15) is 0 Å². The van der Waals surface area contributed by atoms with E-state index in [1.807, 2.05) is 6.92 Å². The molecule has 0 aliphatic carbocycles. The number of nitrogens with one attached hydrogen (secondary N) is 3. The van der Waals surface area contributed by atoms with Crippen LogP contribution < -0.4 is 16.0 Å². The number of ketones is 3. The Morgan fingerprint density at radius 1 is 0.481 bits per heavy atom. The van der Waals surface area contributed by atoms with E-state index in [1.54, 1.807) is 20.8 Å². The third kappa shape index (κ3) is 23.2. The highest BCUT2D eigenvalue weighted by atomic mass is 16.6. The van der Waals surface area contributed by atoms with Crippen molar-refractivity contribution < 1.29 is 67.0 Å². The fourth-order valence-electron chi connectivity index (χ4n) is 4.00. The minimum Gasteiger partial charge on any atom is -0.468 e. The molecule has 19 nitrogen and oxygen atoms in total. The first-order valence-electron chi connectivity index (χ1n) is 16.6. The lowest BCUT2D eigenvalue weighted by molar-refractivity contribution is -0.156. The van der Waals surface area contributed by atoms with Gasteiger partial charge in [0.1, 0.15) is 18.7 Å². The smallest absolute Gasteiger partial charge is 0.325 e. The lowest BCUT2D eigenvalue weighted by Gasteiger charge is -2.21. The van der Waals surface area contributed by atoms with Gasteiger partial charge in [0.05, 0.1) is 53.4 Å². The highest BCUT2D eigenvalue weighted by Gasteiger charge is 2.24. The number of amides is 5. The van der Waals surface area contributed by atoms with Gasteiger partial charge in [-0.1, -0.05) is 6.92 Å². The summed E-state index contributed by atoms with van der Waals surface area (Å²) < 4.78 is 14.2. The first-order valence-corrected chi connectivity index (χ1v) is 16.6. The van der Waals surface area contributed by atoms with Gasteiger partial charge in [-0.25, -0.2) is 0 Å². The molecule has 19 heteroatoms. The van der Waals surface area contributed by atoms with E-state index in [0.717, 1.165) is 24.0 Å². The molecular weight excluding hydrogens is 690 g/mol. The van der Waals surface area contributed by atoms with Crippen LogP contribution in [0.25, 0.3) is 0 Å². The Labute approximate surface area is 302 Å². The van der Waals surface area contributed by atoms with Crippen LogP contribution in [0, 0.1) is 0 Å². The molecule has 0 fully saturated rings. The molecule has 0 aromatic heterocycles. The molecule has 0 spiro atoms. The Bertz CT molecular complexity index is 1320. The van der Waals surface area contributed by atoms with Crippen LogP contribution in [0.15, 0.2) is 0 Å². The standard InChI is InChI=1S/C33H51N5O14/c1-7-8-22(39)15-34-25(42)11-9-23(40)18-37(20-31(48)50-5)28(45)16-35-26(43)12-10-24(41)19-38(21-32(49)51-6)29(46)17-36-27(44)13-14-30(47)52-33(2,3)4/h7-21H2,1-6H3,(H,34,42)(H,35,43)(H,36,44). The fraction of sp³-hybridized carbons (Fsp3) is 0.667. The van der Waals surface area contributed by atoms with Crippen LogP contribution in [0.5, 0.6) is 0 Å². The number of methoxy groups -OCH3 is 2. The van der Waals surface area contributed by atoms with Crippen molar-refractivity contribution in [1.82, 2.24) is 25.8 Å². The maximum atomic E-state index is 12.8. The van der Waals surface area contributed by atoms with E-state index in [2.05, 4.69) is 25.4 Å². The summed E-state index contributed by atoms with van der Waals surface area (Å²) in [4.78, 5) is 136. The number of esters is 3. The summed E-state index contributed by atoms with van der Waals surface area (Å²) in [6.45, 7) is 2.96. The zero-order valence-electron chi connectivity index (χ0n) is 30.7. The molecule has 0 aromatic rings. The maximum Gasteiger partial charge on any atom is 0.325 e. The Morgan fingerprint density at radius 3 is 1.23 bits per heavy atom. The number of Topliss-reactive ketones (excluding diaryl/α,β-unsaturated/α-hetero) is 3. The summed E-state index contributed by atoms with van der Waals surface area (Å²) >= 11 is 0. The predicted molar refractivity (Wildman–Crippen MR) is 180 cm³/mol. The van der Waals surface area contributed by atoms with E-state index in [1.165, 1.54) is 0 Å². The van der Waals surface area contributed by atoms with Crippen LogP contribution in [-0.4, -0.2) is 140 Å². The molecule has 292 valence electrons. The maximum absolute atomic E-state index is 12.8. The Hall–Kier alpha value is -5.23. The van der Waals surface area contributed by atoms with Gasteiger partial charge in [0.15, 0.2) is 17.3 Å². The molecule has 0 bridgehead atoms. The predicted octanol–water partition coefficient (Wildman–Crippen LogP) is -1.47. The van der Waals surface area contributed by atoms with Crippen molar-refractivity contribution in [2.24, 2.45) is 0 Å². The topological polar surface area (TPSA) is 258 Å². The number of nitrogens with zero attached hydrogens (tertiary/aromatic N) is 2. The lowest BCUT2D eigenvalue weighted by Crippen LogP contribution is -2.46. The second-order valence-electron chi connectivity index (χ2n) is 12.4. The SMILES string of the molecule is CCCC(=O)CNC(=O)CCC(=O)CN(CC(=O)OC)C(=O)CNC(=O)CCC(=O)CN(CC(=O)OC)C(=O)CNC(=O)CCC(=O)OC(C)(C)C. The summed E-state index contributed by atoms with van der Waals surface area (Å²) in [5.41, 5.74) is -0.738. The zero-order chi connectivity index (χ0) is 39.9. The number of ether oxygens (including phenoxy) is 3. The van der Waals surface area contributed by atoms with Crippen molar-refractivity contribution in [3.05, 3.63) is 0 Å². The van der Waals surface area contributed by atoms with Crippen LogP contribution in [0.2, 0.25) is 0 Å². The minimum atomic E-state index is -0.856. The summed E-state index contributed by atoms with van der Waals surface area (Å²) in [5.74, 6) is -7.30. The number of hydrogen-bond donors (Lipinski definition) is 3. The van der Waals surface area contributed by atoms with Gasteiger partial charge in [-0.05, 0) is 27.2 Å². The normalized spacial score (nSPS) is 10.6. The summed E-state index contributed by atoms with van der Waals surface area (Å²) in [6.07, 6.45) is -0.962. The Morgan fingerprint density at radius 2 is 0.865 bits per heavy atom. The number of hydrogen-bond acceptors (Lipinski definition) is 14. The molecule has 0 rings (SSSR count). The van der Waals surface area contributed by atoms with Crippen LogP contribution >= 0.6 is 0 Å². The van der Waals surface area contributed by atoms with Crippen molar-refractivity contribution in [2.75, 3.05) is 60.0 Å². The third-order valence-corrected chi connectivity index (χ3v) is 6.66. The molecule has 0 aliphatic heterocycles. The van der Waals surface area contributed by atoms with E-state index < -0.39 is 117 Å². The number of carbonyl (C=O) groups excluding carboxylic acids is 11. The van der Waals surface area contributed by atoms with Gasteiger partial charge in [0.25, 0.3) is 0 Å². The fourth-order valence-corrected chi connectivity index (χ4v) is 4.00. The third-order valence-electron chi connectivity index (χ3n) is 6.66. The van der Waals surface area contributed by atoms with Crippen LogP contribution in [-0.2, 0) is 67.0 Å². The van der Waals surface area contributed by atoms with E-state index in [4.69, 9.17) is 4.74 Å². The molecule has 0 saturated heterocycles. The quantitative estimate of drug-likeness (QED) is 0.0713. The van der Waals surface area contributed by atoms with E-state index >= 15 is 0 Å². The van der Waals surface area contributed by atoms with Crippen LogP contribution in [0.4, 0.5) is 0 Å². The molecule has 52 heavy (non-hydrogen) atoms. The Balaban J connectivity index is 4.99. The van der Waals surface area contributed by atoms with Gasteiger partial charge in [0, 0.05) is 38.5 Å². The zero-order valence-corrected chi connectivity index (χ0v) is 30.7. The van der Waals surface area contributed by atoms with Gasteiger partial charge >= 0.3 is 17.9 Å². The first kappa shape index (κ1) is 46.8. The summed E-state index contributed by atoms with van der Waals surface area (Å²) in [7, 11) is 2.14. The van der Waals surface area contributed by atoms with E-state index in [-0.39, 0.29) is 38.0 Å². The average molecular weight is 742 g/mol. The molecular formula is C33H51N5O14. The number of rotatable bonds is 25. The molecule has 0 saturated carbocycles. The Kier molecular flexibility index (Phi) is 22.3. The lowest BCUT2D eigenvalue weighted by atomic mass is 10.2. The second kappa shape index (κ2) is 24.8. The molecule has 0 aromatic carbocycles. The summed E-state index contributed by atoms with van der Waals surface area (Å²) in [5, 5.41) is 6.99. The summed E-state index contributed by atoms with van der Waals surface area (Å²) in [6, 6.07) is 0. The molecule has 0 heterocycles. The van der Waals surface area contributed by atoms with Crippen molar-refractivity contribution in [3.63, 3.8) is 0 Å². The monoisotopic (exact) mass is 741 g/mol. The molecule has 5 amide bonds. The van der Waals surface area contributed by atoms with Crippen LogP contribution in [0.1, 0.15) is 79.1 Å². The highest BCUT2D eigenvalue weighted by molar-refractivity contribution is 5.95. The van der Waals surface area contributed by atoms with Gasteiger partial charge in [0.2, 0.25) is 29.5 Å². The number of carbonyl (C=O) groups is 11. The molecule has 0 unspecified atom stereocenters. The van der Waals surface area contributed by atoms with Gasteiger partial charge < -0.3 is 40.0 Å². The molecule has 0 aliphatic rings. The average Bonchev–Trinajstić information content (AvgIpc) is 3.07. The van der Waals surface area contributed by atoms with Crippen molar-refractivity contribution in [1.29, 1.82) is 0 Å². The van der Waals surface area contributed by atoms with E-state index in [9.17, 15) is 52.7 Å². The van der Waals surface area contributed by atoms with Crippen LogP contribution in [0.3, 0.4) is 0 Å².